The summed E-state index contributed by atoms with van der Waals surface area (Å²) in [6, 6.07) is 14.0. The van der Waals surface area contributed by atoms with Gasteiger partial charge in [-0.3, -0.25) is 10.1 Å². The van der Waals surface area contributed by atoms with E-state index in [-0.39, 0.29) is 0 Å². The van der Waals surface area contributed by atoms with E-state index in [1.54, 1.807) is 31.4 Å². The van der Waals surface area contributed by atoms with Crippen LogP contribution in [0.5, 0.6) is 11.5 Å². The van der Waals surface area contributed by atoms with Crippen LogP contribution in [0, 0.1) is 0 Å². The Hall–Kier alpha value is -3.39. The van der Waals surface area contributed by atoms with Crippen LogP contribution in [0.3, 0.4) is 0 Å². The van der Waals surface area contributed by atoms with Crippen molar-refractivity contribution in [3.8, 4) is 22.8 Å². The van der Waals surface area contributed by atoms with E-state index in [4.69, 9.17) is 14.2 Å². The highest BCUT2D eigenvalue weighted by Gasteiger charge is 2.12. The molecule has 7 nitrogen and oxygen atoms in total. The quantitative estimate of drug-likeness (QED) is 0.563. The summed E-state index contributed by atoms with van der Waals surface area (Å²) >= 11 is 1.29. The molecule has 0 spiro atoms. The summed E-state index contributed by atoms with van der Waals surface area (Å²) in [7, 11) is 1.61. The van der Waals surface area contributed by atoms with E-state index in [1.165, 1.54) is 11.3 Å². The Morgan fingerprint density at radius 3 is 2.38 bits per heavy atom. The lowest BCUT2D eigenvalue weighted by Crippen LogP contribution is -2.20. The fourth-order valence-electron chi connectivity index (χ4n) is 2.45. The number of ether oxygens (including phenoxy) is 3. The van der Waals surface area contributed by atoms with Gasteiger partial charge in [0.1, 0.15) is 11.5 Å². The molecule has 8 heteroatoms. The summed E-state index contributed by atoms with van der Waals surface area (Å²) in [6.45, 7) is 2.02. The third kappa shape index (κ3) is 5.55. The highest BCUT2D eigenvalue weighted by Crippen LogP contribution is 2.26. The van der Waals surface area contributed by atoms with Crippen molar-refractivity contribution >= 4 is 28.3 Å². The van der Waals surface area contributed by atoms with Crippen LogP contribution >= 0.6 is 11.3 Å². The fraction of sp³-hybridized carbons (Fsp3) is 0.190. The van der Waals surface area contributed by atoms with E-state index < -0.39 is 18.5 Å². The first-order valence-corrected chi connectivity index (χ1v) is 9.76. The van der Waals surface area contributed by atoms with E-state index in [2.05, 4.69) is 10.3 Å². The number of hydrogen-bond acceptors (Lipinski definition) is 7. The minimum absolute atomic E-state index is 0.345. The number of rotatable bonds is 8. The van der Waals surface area contributed by atoms with Crippen LogP contribution in [0.4, 0.5) is 5.13 Å². The Morgan fingerprint density at radius 2 is 1.72 bits per heavy atom. The first-order valence-electron chi connectivity index (χ1n) is 8.89. The van der Waals surface area contributed by atoms with E-state index in [1.807, 2.05) is 36.6 Å². The van der Waals surface area contributed by atoms with Crippen molar-refractivity contribution in [3.05, 3.63) is 59.5 Å². The summed E-state index contributed by atoms with van der Waals surface area (Å²) in [5.74, 6) is 0.381. The number of thiazole rings is 1. The van der Waals surface area contributed by atoms with Gasteiger partial charge in [0.25, 0.3) is 5.91 Å². The Bertz CT molecular complexity index is 967. The Labute approximate surface area is 172 Å². The standard InChI is InChI=1S/C21H20N2O5S/c1-3-27-17-10-6-15(7-11-17)20(25)28-12-19(24)23-21-22-18(13-29-21)14-4-8-16(26-2)9-5-14/h4-11,13H,3,12H2,1-2H3,(H,22,23,24). The molecule has 3 rings (SSSR count). The summed E-state index contributed by atoms with van der Waals surface area (Å²) in [6.07, 6.45) is 0. The van der Waals surface area contributed by atoms with Crippen molar-refractivity contribution in [2.24, 2.45) is 0 Å². The second-order valence-electron chi connectivity index (χ2n) is 5.85. The van der Waals surface area contributed by atoms with Gasteiger partial charge in [0, 0.05) is 10.9 Å². The van der Waals surface area contributed by atoms with Crippen LogP contribution in [-0.4, -0.2) is 37.2 Å². The van der Waals surface area contributed by atoms with Crippen molar-refractivity contribution in [2.75, 3.05) is 25.6 Å². The maximum absolute atomic E-state index is 12.1. The van der Waals surface area contributed by atoms with Gasteiger partial charge >= 0.3 is 5.97 Å². The second-order valence-corrected chi connectivity index (χ2v) is 6.71. The van der Waals surface area contributed by atoms with Crippen LogP contribution in [0.25, 0.3) is 11.3 Å². The van der Waals surface area contributed by atoms with Crippen molar-refractivity contribution in [3.63, 3.8) is 0 Å². The molecule has 0 radical (unpaired) electrons. The van der Waals surface area contributed by atoms with Gasteiger partial charge < -0.3 is 14.2 Å². The molecular weight excluding hydrogens is 392 g/mol. The zero-order valence-corrected chi connectivity index (χ0v) is 16.8. The van der Waals surface area contributed by atoms with Crippen molar-refractivity contribution in [1.82, 2.24) is 4.98 Å². The summed E-state index contributed by atoms with van der Waals surface area (Å²) in [4.78, 5) is 28.5. The zero-order valence-electron chi connectivity index (χ0n) is 16.0. The minimum Gasteiger partial charge on any atom is -0.497 e. The van der Waals surface area contributed by atoms with Crippen molar-refractivity contribution in [2.45, 2.75) is 6.92 Å². The van der Waals surface area contributed by atoms with Gasteiger partial charge in [-0.25, -0.2) is 9.78 Å². The predicted octanol–water partition coefficient (Wildman–Crippen LogP) is 4.01. The largest absolute Gasteiger partial charge is 0.497 e. The van der Waals surface area contributed by atoms with E-state index in [0.717, 1.165) is 17.0 Å². The second kappa shape index (κ2) is 9.70. The predicted molar refractivity (Wildman–Crippen MR) is 111 cm³/mol. The Morgan fingerprint density at radius 1 is 1.03 bits per heavy atom. The molecule has 0 aliphatic rings. The SMILES string of the molecule is CCOc1ccc(C(=O)OCC(=O)Nc2nc(-c3ccc(OC)cc3)cs2)cc1. The van der Waals surface area contributed by atoms with Crippen LogP contribution < -0.4 is 14.8 Å². The molecule has 3 aromatic rings. The van der Waals surface area contributed by atoms with Gasteiger partial charge in [0.05, 0.1) is 25.0 Å². The normalized spacial score (nSPS) is 10.3. The van der Waals surface area contributed by atoms with Crippen molar-refractivity contribution in [1.29, 1.82) is 0 Å². The van der Waals surface area contributed by atoms with Crippen LogP contribution in [0.2, 0.25) is 0 Å². The number of esters is 1. The Kier molecular flexibility index (Phi) is 6.80. The molecule has 0 aliphatic heterocycles. The highest BCUT2D eigenvalue weighted by molar-refractivity contribution is 7.14. The highest BCUT2D eigenvalue weighted by atomic mass is 32.1. The first-order chi connectivity index (χ1) is 14.1. The Balaban J connectivity index is 1.51. The van der Waals surface area contributed by atoms with E-state index >= 15 is 0 Å². The van der Waals surface area contributed by atoms with Gasteiger partial charge in [-0.1, -0.05) is 0 Å². The topological polar surface area (TPSA) is 86.8 Å². The molecule has 0 fully saturated rings. The lowest BCUT2D eigenvalue weighted by atomic mass is 10.2. The molecule has 1 N–H and O–H groups in total. The summed E-state index contributed by atoms with van der Waals surface area (Å²) in [5.41, 5.74) is 1.99. The molecule has 0 aliphatic carbocycles. The number of nitrogens with zero attached hydrogens (tertiary/aromatic N) is 1. The summed E-state index contributed by atoms with van der Waals surface area (Å²) < 4.78 is 15.5. The molecule has 0 saturated heterocycles. The molecule has 1 amide bonds. The average molecular weight is 412 g/mol. The van der Waals surface area contributed by atoms with E-state index in [9.17, 15) is 9.59 Å². The van der Waals surface area contributed by atoms with Gasteiger partial charge in [0.15, 0.2) is 11.7 Å². The van der Waals surface area contributed by atoms with Gasteiger partial charge in [-0.05, 0) is 55.5 Å². The third-order valence-corrected chi connectivity index (χ3v) is 4.63. The molecule has 2 aromatic carbocycles. The maximum atomic E-state index is 12.1. The number of carbonyl (C=O) groups excluding carboxylic acids is 2. The number of amides is 1. The number of nitrogens with one attached hydrogen (secondary N) is 1. The molecule has 1 aromatic heterocycles. The number of carbonyl (C=O) groups is 2. The van der Waals surface area contributed by atoms with Gasteiger partial charge in [-0.15, -0.1) is 11.3 Å². The first kappa shape index (κ1) is 20.3. The number of benzene rings is 2. The van der Waals surface area contributed by atoms with Gasteiger partial charge in [-0.2, -0.15) is 0 Å². The molecule has 29 heavy (non-hydrogen) atoms. The molecule has 0 bridgehead atoms. The molecule has 150 valence electrons. The number of aromatic nitrogens is 1. The lowest BCUT2D eigenvalue weighted by molar-refractivity contribution is -0.119. The smallest absolute Gasteiger partial charge is 0.338 e. The zero-order chi connectivity index (χ0) is 20.6. The third-order valence-electron chi connectivity index (χ3n) is 3.87. The summed E-state index contributed by atoms with van der Waals surface area (Å²) in [5, 5.41) is 4.90. The number of anilines is 1. The number of methoxy groups -OCH3 is 1. The molecule has 1 heterocycles. The minimum atomic E-state index is -0.582. The van der Waals surface area contributed by atoms with Crippen LogP contribution in [-0.2, 0) is 9.53 Å². The fourth-order valence-corrected chi connectivity index (χ4v) is 3.19. The lowest BCUT2D eigenvalue weighted by Gasteiger charge is -2.06. The molecule has 0 atom stereocenters. The molecule has 0 unspecified atom stereocenters. The van der Waals surface area contributed by atoms with Gasteiger partial charge in [0.2, 0.25) is 0 Å². The number of hydrogen-bond donors (Lipinski definition) is 1. The average Bonchev–Trinajstić information content (AvgIpc) is 3.21. The van der Waals surface area contributed by atoms with E-state index in [0.29, 0.717) is 23.1 Å². The van der Waals surface area contributed by atoms with Crippen LogP contribution in [0.15, 0.2) is 53.9 Å². The van der Waals surface area contributed by atoms with Crippen LogP contribution in [0.1, 0.15) is 17.3 Å². The monoisotopic (exact) mass is 412 g/mol. The van der Waals surface area contributed by atoms with Crippen molar-refractivity contribution < 1.29 is 23.8 Å². The maximum Gasteiger partial charge on any atom is 0.338 e. The molecular formula is C21H20N2O5S. The molecule has 0 saturated carbocycles.